The fourth-order valence-electron chi connectivity index (χ4n) is 1.63. The van der Waals surface area contributed by atoms with Crippen LogP contribution in [0.4, 0.5) is 0 Å². The Morgan fingerprint density at radius 3 is 2.94 bits per heavy atom. The third-order valence-electron chi connectivity index (χ3n) is 2.50. The zero-order chi connectivity index (χ0) is 12.8. The fraction of sp³-hybridized carbons (Fsp3) is 0.231. The van der Waals surface area contributed by atoms with Crippen molar-refractivity contribution < 1.29 is 9.53 Å². The molecule has 0 aliphatic rings. The van der Waals surface area contributed by atoms with Crippen LogP contribution in [0.25, 0.3) is 0 Å². The molecule has 0 bridgehead atoms. The average Bonchev–Trinajstić information content (AvgIpc) is 2.92. The van der Waals surface area contributed by atoms with E-state index >= 15 is 0 Å². The van der Waals surface area contributed by atoms with E-state index in [9.17, 15) is 4.79 Å². The van der Waals surface area contributed by atoms with Gasteiger partial charge in [0.15, 0.2) is 0 Å². The Balaban J connectivity index is 1.98. The number of thiazole rings is 1. The SMILES string of the molecule is COC(=O)c1ccccc1CNCc1nccs1. The molecule has 18 heavy (non-hydrogen) atoms. The number of esters is 1. The zero-order valence-electron chi connectivity index (χ0n) is 10.1. The number of aromatic nitrogens is 1. The van der Waals surface area contributed by atoms with Gasteiger partial charge in [0.25, 0.3) is 0 Å². The van der Waals surface area contributed by atoms with Gasteiger partial charge >= 0.3 is 5.97 Å². The van der Waals surface area contributed by atoms with Crippen molar-refractivity contribution in [1.29, 1.82) is 0 Å². The lowest BCUT2D eigenvalue weighted by atomic mass is 10.1. The molecule has 2 rings (SSSR count). The normalized spacial score (nSPS) is 10.3. The minimum absolute atomic E-state index is 0.304. The molecule has 0 unspecified atom stereocenters. The summed E-state index contributed by atoms with van der Waals surface area (Å²) in [4.78, 5) is 15.8. The van der Waals surface area contributed by atoms with Crippen LogP contribution in [-0.2, 0) is 17.8 Å². The third kappa shape index (κ3) is 3.15. The Morgan fingerprint density at radius 1 is 1.39 bits per heavy atom. The molecule has 0 radical (unpaired) electrons. The molecule has 94 valence electrons. The number of methoxy groups -OCH3 is 1. The summed E-state index contributed by atoms with van der Waals surface area (Å²) in [6.07, 6.45) is 1.78. The van der Waals surface area contributed by atoms with E-state index in [4.69, 9.17) is 4.74 Å². The minimum Gasteiger partial charge on any atom is -0.465 e. The Hall–Kier alpha value is -1.72. The van der Waals surface area contributed by atoms with Gasteiger partial charge < -0.3 is 10.1 Å². The summed E-state index contributed by atoms with van der Waals surface area (Å²) >= 11 is 1.61. The van der Waals surface area contributed by atoms with E-state index in [2.05, 4.69) is 10.3 Å². The van der Waals surface area contributed by atoms with E-state index < -0.39 is 0 Å². The van der Waals surface area contributed by atoms with Crippen LogP contribution < -0.4 is 5.32 Å². The van der Waals surface area contributed by atoms with Crippen LogP contribution in [0.5, 0.6) is 0 Å². The van der Waals surface area contributed by atoms with Gasteiger partial charge in [0.05, 0.1) is 12.7 Å². The van der Waals surface area contributed by atoms with Gasteiger partial charge in [0, 0.05) is 24.7 Å². The number of nitrogens with one attached hydrogen (secondary N) is 1. The van der Waals surface area contributed by atoms with Crippen molar-refractivity contribution in [1.82, 2.24) is 10.3 Å². The second-order valence-corrected chi connectivity index (χ2v) is 4.66. The van der Waals surface area contributed by atoms with Gasteiger partial charge in [0.2, 0.25) is 0 Å². The number of nitrogens with zero attached hydrogens (tertiary/aromatic N) is 1. The van der Waals surface area contributed by atoms with E-state index in [0.29, 0.717) is 18.7 Å². The molecule has 0 atom stereocenters. The number of rotatable bonds is 5. The predicted octanol–water partition coefficient (Wildman–Crippen LogP) is 2.22. The first-order valence-electron chi connectivity index (χ1n) is 5.56. The summed E-state index contributed by atoms with van der Waals surface area (Å²) in [5.41, 5.74) is 1.53. The summed E-state index contributed by atoms with van der Waals surface area (Å²) < 4.78 is 4.75. The second kappa shape index (κ2) is 6.28. The van der Waals surface area contributed by atoms with Crippen molar-refractivity contribution >= 4 is 17.3 Å². The molecule has 0 saturated carbocycles. The molecule has 4 nitrogen and oxygen atoms in total. The minimum atomic E-state index is -0.304. The fourth-order valence-corrected chi connectivity index (χ4v) is 2.21. The summed E-state index contributed by atoms with van der Waals surface area (Å²) in [5.74, 6) is -0.304. The molecule has 1 heterocycles. The summed E-state index contributed by atoms with van der Waals surface area (Å²) in [6.45, 7) is 1.32. The maximum Gasteiger partial charge on any atom is 0.338 e. The molecule has 1 N–H and O–H groups in total. The summed E-state index contributed by atoms with van der Waals surface area (Å²) in [5, 5.41) is 6.24. The third-order valence-corrected chi connectivity index (χ3v) is 3.28. The molecule has 1 aromatic carbocycles. The number of hydrogen-bond acceptors (Lipinski definition) is 5. The molecule has 0 amide bonds. The zero-order valence-corrected chi connectivity index (χ0v) is 10.9. The quantitative estimate of drug-likeness (QED) is 0.839. The number of ether oxygens (including phenoxy) is 1. The monoisotopic (exact) mass is 262 g/mol. The standard InChI is InChI=1S/C13H14N2O2S/c1-17-13(16)11-5-3-2-4-10(11)8-14-9-12-15-6-7-18-12/h2-7,14H,8-9H2,1H3. The maximum atomic E-state index is 11.6. The maximum absolute atomic E-state index is 11.6. The van der Waals surface area contributed by atoms with Crippen molar-refractivity contribution in [3.8, 4) is 0 Å². The second-order valence-electron chi connectivity index (χ2n) is 3.68. The van der Waals surface area contributed by atoms with Crippen LogP contribution in [0.15, 0.2) is 35.8 Å². The molecule has 0 spiro atoms. The van der Waals surface area contributed by atoms with Crippen molar-refractivity contribution in [3.63, 3.8) is 0 Å². The summed E-state index contributed by atoms with van der Waals surface area (Å²) in [6, 6.07) is 7.43. The van der Waals surface area contributed by atoms with Crippen molar-refractivity contribution in [2.24, 2.45) is 0 Å². The first-order valence-corrected chi connectivity index (χ1v) is 6.44. The van der Waals surface area contributed by atoms with Crippen LogP contribution in [0.2, 0.25) is 0 Å². The van der Waals surface area contributed by atoms with Crippen LogP contribution in [0, 0.1) is 0 Å². The van der Waals surface area contributed by atoms with Gasteiger partial charge in [-0.05, 0) is 11.6 Å². The molecular weight excluding hydrogens is 248 g/mol. The van der Waals surface area contributed by atoms with E-state index in [1.165, 1.54) is 7.11 Å². The predicted molar refractivity (Wildman–Crippen MR) is 70.4 cm³/mol. The number of hydrogen-bond donors (Lipinski definition) is 1. The highest BCUT2D eigenvalue weighted by Gasteiger charge is 2.10. The van der Waals surface area contributed by atoms with Crippen LogP contribution in [0.1, 0.15) is 20.9 Å². The van der Waals surface area contributed by atoms with E-state index in [1.807, 2.05) is 23.6 Å². The van der Waals surface area contributed by atoms with E-state index in [1.54, 1.807) is 23.6 Å². The molecule has 0 aliphatic carbocycles. The number of carbonyl (C=O) groups is 1. The van der Waals surface area contributed by atoms with Gasteiger partial charge in [-0.1, -0.05) is 18.2 Å². The Bertz CT molecular complexity index is 511. The van der Waals surface area contributed by atoms with E-state index in [0.717, 1.165) is 10.6 Å². The highest BCUT2D eigenvalue weighted by atomic mass is 32.1. The van der Waals surface area contributed by atoms with Gasteiger partial charge in [-0.3, -0.25) is 0 Å². The van der Waals surface area contributed by atoms with E-state index in [-0.39, 0.29) is 5.97 Å². The van der Waals surface area contributed by atoms with Gasteiger partial charge in [0.1, 0.15) is 5.01 Å². The first-order chi connectivity index (χ1) is 8.81. The lowest BCUT2D eigenvalue weighted by molar-refractivity contribution is 0.0599. The topological polar surface area (TPSA) is 51.2 Å². The Morgan fingerprint density at radius 2 is 2.22 bits per heavy atom. The number of carbonyl (C=O) groups excluding carboxylic acids is 1. The van der Waals surface area contributed by atoms with Crippen molar-refractivity contribution in [2.75, 3.05) is 7.11 Å². The highest BCUT2D eigenvalue weighted by Crippen LogP contribution is 2.10. The lowest BCUT2D eigenvalue weighted by Gasteiger charge is -2.08. The van der Waals surface area contributed by atoms with Crippen LogP contribution in [0.3, 0.4) is 0 Å². The lowest BCUT2D eigenvalue weighted by Crippen LogP contribution is -2.15. The molecule has 0 aliphatic heterocycles. The van der Waals surface area contributed by atoms with Gasteiger partial charge in [-0.15, -0.1) is 11.3 Å². The summed E-state index contributed by atoms with van der Waals surface area (Å²) in [7, 11) is 1.39. The number of benzene rings is 1. The molecular formula is C13H14N2O2S. The first kappa shape index (κ1) is 12.7. The Kier molecular flexibility index (Phi) is 4.44. The molecule has 1 aromatic heterocycles. The van der Waals surface area contributed by atoms with Gasteiger partial charge in [-0.2, -0.15) is 0 Å². The largest absolute Gasteiger partial charge is 0.465 e. The van der Waals surface area contributed by atoms with Crippen LogP contribution in [-0.4, -0.2) is 18.1 Å². The van der Waals surface area contributed by atoms with Gasteiger partial charge in [-0.25, -0.2) is 9.78 Å². The molecule has 0 fully saturated rings. The average molecular weight is 262 g/mol. The van der Waals surface area contributed by atoms with Crippen molar-refractivity contribution in [2.45, 2.75) is 13.1 Å². The molecule has 5 heteroatoms. The van der Waals surface area contributed by atoms with Crippen molar-refractivity contribution in [3.05, 3.63) is 52.0 Å². The molecule has 2 aromatic rings. The highest BCUT2D eigenvalue weighted by molar-refractivity contribution is 7.09. The Labute approximate surface area is 110 Å². The smallest absolute Gasteiger partial charge is 0.338 e. The molecule has 0 saturated heterocycles. The van der Waals surface area contributed by atoms with Crippen LogP contribution >= 0.6 is 11.3 Å².